The van der Waals surface area contributed by atoms with Crippen molar-refractivity contribution in [1.29, 1.82) is 0 Å². The summed E-state index contributed by atoms with van der Waals surface area (Å²) < 4.78 is 5.36. The van der Waals surface area contributed by atoms with Gasteiger partial charge in [-0.3, -0.25) is 9.69 Å². The number of likely N-dealkylation sites (N-methyl/N-ethyl adjacent to an activating group) is 1. The van der Waals surface area contributed by atoms with E-state index in [1.165, 1.54) is 0 Å². The zero-order valence-corrected chi connectivity index (χ0v) is 15.3. The van der Waals surface area contributed by atoms with Crippen molar-refractivity contribution in [1.82, 2.24) is 15.4 Å². The van der Waals surface area contributed by atoms with E-state index in [4.69, 9.17) is 4.52 Å². The molecule has 0 aliphatic heterocycles. The smallest absolute Gasteiger partial charge is 0.242 e. The van der Waals surface area contributed by atoms with Crippen molar-refractivity contribution in [3.63, 3.8) is 0 Å². The van der Waals surface area contributed by atoms with Crippen molar-refractivity contribution < 1.29 is 9.32 Å². The molecule has 3 aromatic rings. The minimum Gasteiger partial charge on any atom is -0.359 e. The molecular weight excluding hydrogens is 326 g/mol. The Bertz CT molecular complexity index is 872. The van der Waals surface area contributed by atoms with Gasteiger partial charge in [0.25, 0.3) is 0 Å². The third-order valence-electron chi connectivity index (χ3n) is 4.31. The topological polar surface area (TPSA) is 58.4 Å². The van der Waals surface area contributed by atoms with Crippen LogP contribution in [0, 0.1) is 6.92 Å². The summed E-state index contributed by atoms with van der Waals surface area (Å²) >= 11 is 0. The van der Waals surface area contributed by atoms with Crippen molar-refractivity contribution in [3.8, 4) is 11.3 Å². The zero-order valence-electron chi connectivity index (χ0n) is 15.3. The van der Waals surface area contributed by atoms with E-state index < -0.39 is 0 Å². The molecule has 0 spiro atoms. The second-order valence-corrected chi connectivity index (χ2v) is 6.49. The average molecular weight is 349 g/mol. The van der Waals surface area contributed by atoms with E-state index in [-0.39, 0.29) is 11.9 Å². The van der Waals surface area contributed by atoms with Gasteiger partial charge in [0.1, 0.15) is 11.7 Å². The third-order valence-corrected chi connectivity index (χ3v) is 4.31. The number of hydrogen-bond acceptors (Lipinski definition) is 4. The van der Waals surface area contributed by atoms with Gasteiger partial charge in [-0.05, 0) is 32.1 Å². The highest BCUT2D eigenvalue weighted by Gasteiger charge is 2.24. The minimum atomic E-state index is -0.354. The van der Waals surface area contributed by atoms with Gasteiger partial charge < -0.3 is 9.84 Å². The molecule has 0 fully saturated rings. The molecule has 1 heterocycles. The summed E-state index contributed by atoms with van der Waals surface area (Å²) in [6.07, 6.45) is 0. The molecule has 0 radical (unpaired) electrons. The van der Waals surface area contributed by atoms with E-state index in [1.54, 1.807) is 0 Å². The van der Waals surface area contributed by atoms with Crippen LogP contribution in [0.3, 0.4) is 0 Å². The fourth-order valence-electron chi connectivity index (χ4n) is 2.96. The van der Waals surface area contributed by atoms with Gasteiger partial charge in [0, 0.05) is 11.6 Å². The van der Waals surface area contributed by atoms with Gasteiger partial charge >= 0.3 is 0 Å². The van der Waals surface area contributed by atoms with Crippen LogP contribution in [0.1, 0.15) is 22.9 Å². The summed E-state index contributed by atoms with van der Waals surface area (Å²) in [5.74, 6) is 0.557. The van der Waals surface area contributed by atoms with Crippen LogP contribution in [0.5, 0.6) is 0 Å². The minimum absolute atomic E-state index is 0.0676. The maximum absolute atomic E-state index is 12.8. The lowest BCUT2D eigenvalue weighted by Crippen LogP contribution is -2.37. The number of rotatable bonds is 6. The number of carbonyl (C=O) groups excluding carboxylic acids is 1. The first-order chi connectivity index (χ1) is 12.6. The van der Waals surface area contributed by atoms with Crippen LogP contribution < -0.4 is 5.32 Å². The van der Waals surface area contributed by atoms with Crippen molar-refractivity contribution in [2.24, 2.45) is 0 Å². The number of nitrogens with zero attached hydrogens (tertiary/aromatic N) is 2. The van der Waals surface area contributed by atoms with Gasteiger partial charge in [-0.25, -0.2) is 0 Å². The quantitative estimate of drug-likeness (QED) is 0.739. The molecule has 26 heavy (non-hydrogen) atoms. The molecular formula is C21H23N3O2. The van der Waals surface area contributed by atoms with Gasteiger partial charge in [-0.2, -0.15) is 0 Å². The molecule has 0 aliphatic carbocycles. The van der Waals surface area contributed by atoms with Crippen LogP contribution in [0.4, 0.5) is 0 Å². The van der Waals surface area contributed by atoms with E-state index in [2.05, 4.69) is 10.5 Å². The molecule has 3 rings (SSSR count). The molecule has 0 aliphatic rings. The van der Waals surface area contributed by atoms with Crippen molar-refractivity contribution in [2.45, 2.75) is 19.5 Å². The molecule has 1 amide bonds. The number of carbonyl (C=O) groups is 1. The number of benzene rings is 2. The number of amides is 1. The lowest BCUT2D eigenvalue weighted by Gasteiger charge is -2.25. The highest BCUT2D eigenvalue weighted by Crippen LogP contribution is 2.22. The highest BCUT2D eigenvalue weighted by molar-refractivity contribution is 5.83. The molecule has 1 aromatic heterocycles. The summed E-state index contributed by atoms with van der Waals surface area (Å²) in [6.45, 7) is 2.32. The van der Waals surface area contributed by atoms with Crippen LogP contribution >= 0.6 is 0 Å². The predicted molar refractivity (Wildman–Crippen MR) is 101 cm³/mol. The Hall–Kier alpha value is -2.92. The Balaban J connectivity index is 1.70. The van der Waals surface area contributed by atoms with Crippen molar-refractivity contribution >= 4 is 5.91 Å². The van der Waals surface area contributed by atoms with E-state index in [1.807, 2.05) is 86.6 Å². The Morgan fingerprint density at radius 3 is 2.50 bits per heavy atom. The molecule has 134 valence electrons. The molecule has 0 bridgehead atoms. The largest absolute Gasteiger partial charge is 0.359 e. The monoisotopic (exact) mass is 349 g/mol. The van der Waals surface area contributed by atoms with Crippen molar-refractivity contribution in [2.75, 3.05) is 14.1 Å². The van der Waals surface area contributed by atoms with Gasteiger partial charge in [0.05, 0.1) is 6.54 Å². The summed E-state index contributed by atoms with van der Waals surface area (Å²) in [6, 6.07) is 19.2. The molecule has 2 aromatic carbocycles. The zero-order chi connectivity index (χ0) is 18.5. The van der Waals surface area contributed by atoms with Gasteiger partial charge in [0.2, 0.25) is 5.91 Å². The first kappa shape index (κ1) is 17.9. The molecule has 5 heteroatoms. The van der Waals surface area contributed by atoms with Crippen LogP contribution in [-0.4, -0.2) is 30.1 Å². The van der Waals surface area contributed by atoms with Gasteiger partial charge in [0.15, 0.2) is 5.76 Å². The van der Waals surface area contributed by atoms with Crippen LogP contribution in [-0.2, 0) is 11.3 Å². The first-order valence-corrected chi connectivity index (χ1v) is 8.57. The maximum atomic E-state index is 12.8. The molecule has 0 saturated carbocycles. The summed E-state index contributed by atoms with van der Waals surface area (Å²) in [5.41, 5.74) is 3.84. The van der Waals surface area contributed by atoms with E-state index in [9.17, 15) is 4.79 Å². The van der Waals surface area contributed by atoms with Gasteiger partial charge in [-0.1, -0.05) is 59.8 Å². The summed E-state index contributed by atoms with van der Waals surface area (Å²) in [5, 5.41) is 7.04. The number of hydrogen-bond donors (Lipinski definition) is 1. The highest BCUT2D eigenvalue weighted by atomic mass is 16.5. The summed E-state index contributed by atoms with van der Waals surface area (Å²) in [4.78, 5) is 14.7. The first-order valence-electron chi connectivity index (χ1n) is 8.57. The Labute approximate surface area is 153 Å². The molecule has 1 N–H and O–H groups in total. The van der Waals surface area contributed by atoms with E-state index in [0.717, 1.165) is 22.4 Å². The third kappa shape index (κ3) is 4.00. The summed E-state index contributed by atoms with van der Waals surface area (Å²) in [7, 11) is 3.80. The number of aromatic nitrogens is 1. The Kier molecular flexibility index (Phi) is 5.49. The fraction of sp³-hybridized carbons (Fsp3) is 0.238. The lowest BCUT2D eigenvalue weighted by molar-refractivity contribution is -0.126. The van der Waals surface area contributed by atoms with Crippen LogP contribution in [0.15, 0.2) is 65.2 Å². The van der Waals surface area contributed by atoms with Crippen molar-refractivity contribution in [3.05, 3.63) is 77.6 Å². The molecule has 1 atom stereocenters. The van der Waals surface area contributed by atoms with Crippen LogP contribution in [0.25, 0.3) is 11.3 Å². The lowest BCUT2D eigenvalue weighted by atomic mass is 10.00. The fourth-order valence-corrected chi connectivity index (χ4v) is 2.96. The van der Waals surface area contributed by atoms with E-state index in [0.29, 0.717) is 12.3 Å². The normalized spacial score (nSPS) is 12.2. The molecule has 0 unspecified atom stereocenters. The molecule has 5 nitrogen and oxygen atoms in total. The predicted octanol–water partition coefficient (Wildman–Crippen LogP) is 3.57. The second-order valence-electron chi connectivity index (χ2n) is 6.49. The number of nitrogens with one attached hydrogen (secondary N) is 1. The van der Waals surface area contributed by atoms with E-state index >= 15 is 0 Å². The number of aryl methyl sites for hydroxylation is 1. The second kappa shape index (κ2) is 7.97. The van der Waals surface area contributed by atoms with Crippen LogP contribution in [0.2, 0.25) is 0 Å². The SMILES string of the molecule is Cc1ccccc1[C@H](C(=O)NCc1cc(-c2ccccc2)no1)N(C)C. The maximum Gasteiger partial charge on any atom is 0.242 e. The Morgan fingerprint density at radius 2 is 1.81 bits per heavy atom. The average Bonchev–Trinajstić information content (AvgIpc) is 3.11. The van der Waals surface area contributed by atoms with Gasteiger partial charge in [-0.15, -0.1) is 0 Å². The standard InChI is InChI=1S/C21H23N3O2/c1-15-9-7-8-12-18(15)20(24(2)3)21(25)22-14-17-13-19(23-26-17)16-10-5-4-6-11-16/h4-13,20H,14H2,1-3H3,(H,22,25)/t20-/m1/s1. The Morgan fingerprint density at radius 1 is 1.12 bits per heavy atom. The molecule has 0 saturated heterocycles.